The second kappa shape index (κ2) is 13.8. The molecule has 2 unspecified atom stereocenters. The Labute approximate surface area is 129 Å². The highest BCUT2D eigenvalue weighted by atomic mass is 32.1. The van der Waals surface area contributed by atoms with E-state index in [-0.39, 0.29) is 19.1 Å². The average molecular weight is 304 g/mol. The van der Waals surface area contributed by atoms with Crippen LogP contribution in [0.4, 0.5) is 0 Å². The van der Waals surface area contributed by atoms with E-state index < -0.39 is 6.10 Å². The van der Waals surface area contributed by atoms with Crippen molar-refractivity contribution in [1.82, 2.24) is 0 Å². The summed E-state index contributed by atoms with van der Waals surface area (Å²) in [6, 6.07) is 0. The van der Waals surface area contributed by atoms with Gasteiger partial charge in [-0.1, -0.05) is 65.2 Å². The minimum Gasteiger partial charge on any atom is -0.484 e. The first kappa shape index (κ1) is 19.8. The third-order valence-corrected chi connectivity index (χ3v) is 4.04. The van der Waals surface area contributed by atoms with Crippen LogP contribution in [0.2, 0.25) is 0 Å². The Bertz CT molecular complexity index is 234. The fourth-order valence-electron chi connectivity index (χ4n) is 2.08. The third kappa shape index (κ3) is 11.6. The van der Waals surface area contributed by atoms with Crippen LogP contribution in [0.25, 0.3) is 0 Å². The molecule has 0 rings (SSSR count). The maximum absolute atomic E-state index is 9.19. The van der Waals surface area contributed by atoms with Crippen molar-refractivity contribution in [2.24, 2.45) is 5.92 Å². The van der Waals surface area contributed by atoms with Crippen LogP contribution in [-0.4, -0.2) is 34.6 Å². The van der Waals surface area contributed by atoms with Crippen LogP contribution < -0.4 is 0 Å². The Morgan fingerprint density at radius 2 is 1.60 bits per heavy atom. The first-order chi connectivity index (χ1) is 9.61. The summed E-state index contributed by atoms with van der Waals surface area (Å²) in [5.41, 5.74) is 0. The molecule has 120 valence electrons. The van der Waals surface area contributed by atoms with Gasteiger partial charge in [0.1, 0.15) is 12.7 Å². The van der Waals surface area contributed by atoms with Crippen molar-refractivity contribution < 1.29 is 14.9 Å². The molecule has 3 nitrogen and oxygen atoms in total. The molecule has 0 fully saturated rings. The van der Waals surface area contributed by atoms with Gasteiger partial charge in [-0.3, -0.25) is 0 Å². The number of aliphatic hydroxyl groups is 2. The number of thiocarbonyl (C=S) groups is 1. The minimum atomic E-state index is -0.830. The summed E-state index contributed by atoms with van der Waals surface area (Å²) in [6.07, 6.45) is 10.7. The van der Waals surface area contributed by atoms with E-state index in [1.807, 2.05) is 0 Å². The van der Waals surface area contributed by atoms with Crippen LogP contribution in [0.3, 0.4) is 0 Å². The maximum Gasteiger partial charge on any atom is 0.162 e. The molecule has 0 bridgehead atoms. The van der Waals surface area contributed by atoms with E-state index in [1.54, 1.807) is 0 Å². The van der Waals surface area contributed by atoms with Gasteiger partial charge in [-0.25, -0.2) is 0 Å². The molecular formula is C16H32O3S. The second-order valence-electron chi connectivity index (χ2n) is 5.63. The van der Waals surface area contributed by atoms with Gasteiger partial charge in [0.05, 0.1) is 6.61 Å². The van der Waals surface area contributed by atoms with Gasteiger partial charge in [0, 0.05) is 5.92 Å². The van der Waals surface area contributed by atoms with Crippen molar-refractivity contribution in [2.45, 2.75) is 77.7 Å². The lowest BCUT2D eigenvalue weighted by Crippen LogP contribution is -2.23. The zero-order valence-corrected chi connectivity index (χ0v) is 14.0. The Hall–Kier alpha value is -0.190. The topological polar surface area (TPSA) is 49.7 Å². The van der Waals surface area contributed by atoms with Crippen LogP contribution in [0.5, 0.6) is 0 Å². The summed E-state index contributed by atoms with van der Waals surface area (Å²) >= 11 is 5.18. The zero-order valence-electron chi connectivity index (χ0n) is 13.1. The summed E-state index contributed by atoms with van der Waals surface area (Å²) in [5.74, 6) is 0.246. The molecular weight excluding hydrogens is 272 g/mol. The highest BCUT2D eigenvalue weighted by molar-refractivity contribution is 7.80. The van der Waals surface area contributed by atoms with Gasteiger partial charge in [0.2, 0.25) is 0 Å². The summed E-state index contributed by atoms with van der Waals surface area (Å²) in [7, 11) is 0. The molecule has 4 heteroatoms. The number of aliphatic hydroxyl groups excluding tert-OH is 2. The van der Waals surface area contributed by atoms with Crippen molar-refractivity contribution in [3.63, 3.8) is 0 Å². The van der Waals surface area contributed by atoms with E-state index in [4.69, 9.17) is 22.1 Å². The molecule has 0 saturated heterocycles. The smallest absolute Gasteiger partial charge is 0.162 e. The quantitative estimate of drug-likeness (QED) is 0.401. The monoisotopic (exact) mass is 304 g/mol. The fraction of sp³-hybridized carbons (Fsp3) is 0.938. The molecule has 0 aliphatic heterocycles. The molecule has 0 aromatic carbocycles. The summed E-state index contributed by atoms with van der Waals surface area (Å²) in [4.78, 5) is 0. The summed E-state index contributed by atoms with van der Waals surface area (Å²) in [5, 5.41) is 18.4. The number of unbranched alkanes of at least 4 members (excludes halogenated alkanes) is 7. The van der Waals surface area contributed by atoms with E-state index >= 15 is 0 Å². The first-order valence-electron chi connectivity index (χ1n) is 8.07. The molecule has 0 spiro atoms. The predicted molar refractivity (Wildman–Crippen MR) is 88.0 cm³/mol. The predicted octanol–water partition coefficient (Wildman–Crippen LogP) is 3.85. The highest BCUT2D eigenvalue weighted by Crippen LogP contribution is 2.15. The van der Waals surface area contributed by atoms with E-state index in [0.29, 0.717) is 5.05 Å². The van der Waals surface area contributed by atoms with E-state index in [2.05, 4.69) is 13.8 Å². The lowest BCUT2D eigenvalue weighted by molar-refractivity contribution is 0.0486. The van der Waals surface area contributed by atoms with Crippen LogP contribution in [-0.2, 0) is 4.74 Å². The summed E-state index contributed by atoms with van der Waals surface area (Å²) in [6.45, 7) is 4.12. The van der Waals surface area contributed by atoms with Crippen molar-refractivity contribution in [3.8, 4) is 0 Å². The van der Waals surface area contributed by atoms with Gasteiger partial charge in [-0.2, -0.15) is 0 Å². The Kier molecular flexibility index (Phi) is 13.6. The van der Waals surface area contributed by atoms with Crippen LogP contribution in [0, 0.1) is 5.92 Å². The molecule has 0 aromatic heterocycles. The van der Waals surface area contributed by atoms with Gasteiger partial charge in [-0.05, 0) is 18.6 Å². The van der Waals surface area contributed by atoms with Crippen molar-refractivity contribution in [3.05, 3.63) is 0 Å². The average Bonchev–Trinajstić information content (AvgIpc) is 2.46. The summed E-state index contributed by atoms with van der Waals surface area (Å²) < 4.78 is 5.30. The standard InChI is InChI=1S/C16H32O3S/c1-3-4-5-6-7-8-9-10-11-14(2)16(20)19-13-15(18)12-17/h14-15,17-18H,3-13H2,1-2H3. The fourth-order valence-corrected chi connectivity index (χ4v) is 2.26. The normalized spacial score (nSPS) is 14.0. The molecule has 0 radical (unpaired) electrons. The lowest BCUT2D eigenvalue weighted by Gasteiger charge is -2.15. The van der Waals surface area contributed by atoms with Crippen molar-refractivity contribution in [1.29, 1.82) is 0 Å². The van der Waals surface area contributed by atoms with E-state index in [9.17, 15) is 5.11 Å². The van der Waals surface area contributed by atoms with Gasteiger partial charge in [0.25, 0.3) is 0 Å². The number of hydrogen-bond acceptors (Lipinski definition) is 4. The zero-order chi connectivity index (χ0) is 15.2. The van der Waals surface area contributed by atoms with Crippen LogP contribution >= 0.6 is 12.2 Å². The van der Waals surface area contributed by atoms with Gasteiger partial charge in [-0.15, -0.1) is 0 Å². The molecule has 2 atom stereocenters. The van der Waals surface area contributed by atoms with Gasteiger partial charge < -0.3 is 14.9 Å². The van der Waals surface area contributed by atoms with Crippen molar-refractivity contribution in [2.75, 3.05) is 13.2 Å². The Morgan fingerprint density at radius 3 is 2.15 bits per heavy atom. The largest absolute Gasteiger partial charge is 0.484 e. The van der Waals surface area contributed by atoms with Crippen molar-refractivity contribution >= 4 is 17.3 Å². The Morgan fingerprint density at radius 1 is 1.05 bits per heavy atom. The second-order valence-corrected chi connectivity index (χ2v) is 6.03. The van der Waals surface area contributed by atoms with Crippen LogP contribution in [0.15, 0.2) is 0 Å². The molecule has 0 aliphatic rings. The SMILES string of the molecule is CCCCCCCCCCC(C)C(=S)OCC(O)CO. The number of rotatable bonds is 13. The van der Waals surface area contributed by atoms with E-state index in [0.717, 1.165) is 6.42 Å². The first-order valence-corrected chi connectivity index (χ1v) is 8.48. The molecule has 0 aliphatic carbocycles. The molecule has 0 heterocycles. The minimum absolute atomic E-state index is 0.0943. The van der Waals surface area contributed by atoms with Gasteiger partial charge >= 0.3 is 0 Å². The third-order valence-electron chi connectivity index (χ3n) is 3.52. The molecule has 20 heavy (non-hydrogen) atoms. The molecule has 0 saturated carbocycles. The Balaban J connectivity index is 3.43. The molecule has 2 N–H and O–H groups in total. The van der Waals surface area contributed by atoms with E-state index in [1.165, 1.54) is 51.4 Å². The lowest BCUT2D eigenvalue weighted by atomic mass is 10.0. The maximum atomic E-state index is 9.19. The molecule has 0 aromatic rings. The van der Waals surface area contributed by atoms with Gasteiger partial charge in [0.15, 0.2) is 5.05 Å². The number of ether oxygens (including phenoxy) is 1. The highest BCUT2D eigenvalue weighted by Gasteiger charge is 2.11. The molecule has 0 amide bonds. The van der Waals surface area contributed by atoms with Crippen LogP contribution in [0.1, 0.15) is 71.6 Å². The number of hydrogen-bond donors (Lipinski definition) is 2.